The van der Waals surface area contributed by atoms with Crippen LogP contribution in [0, 0.1) is 23.7 Å². The molecule has 4 fully saturated rings. The molecule has 4 aliphatic heterocycles. The maximum Gasteiger partial charge on any atom is 0.230 e. The highest BCUT2D eigenvalue weighted by atomic mass is 16.3. The van der Waals surface area contributed by atoms with Gasteiger partial charge in [0, 0.05) is 219 Å². The molecule has 4 aromatic carbocycles. The molecule has 0 bridgehead atoms. The number of amides is 1. The van der Waals surface area contributed by atoms with Crippen molar-refractivity contribution in [3.63, 3.8) is 0 Å². The summed E-state index contributed by atoms with van der Waals surface area (Å²) in [5.41, 5.74) is 18.4. The topological polar surface area (TPSA) is 302 Å². The number of nitrogens with zero attached hydrogens (tertiary/aromatic N) is 19. The van der Waals surface area contributed by atoms with Gasteiger partial charge in [-0.05, 0) is 204 Å². The summed E-state index contributed by atoms with van der Waals surface area (Å²) < 4.78 is 9.83. The monoisotopic (exact) mass is 1790 g/mol. The Morgan fingerprint density at radius 3 is 0.978 bits per heavy atom. The number of carbonyl (C=O) groups excluding carboxylic acids is 1. The van der Waals surface area contributed by atoms with E-state index in [0.717, 1.165) is 197 Å². The molecule has 0 saturated heterocycles. The molecule has 8 aliphatic rings. The van der Waals surface area contributed by atoms with Crippen molar-refractivity contribution < 1.29 is 15.0 Å². The predicted octanol–water partition coefficient (Wildman–Crippen LogP) is 20.5. The Hall–Kier alpha value is -12.5. The number of benzene rings is 4. The van der Waals surface area contributed by atoms with Crippen molar-refractivity contribution in [2.24, 2.45) is 23.7 Å². The van der Waals surface area contributed by atoms with Crippen molar-refractivity contribution in [1.82, 2.24) is 98.1 Å². The van der Waals surface area contributed by atoms with E-state index < -0.39 is 0 Å². The third kappa shape index (κ3) is 18.6. The largest absolute Gasteiger partial charge is 0.396 e. The van der Waals surface area contributed by atoms with Crippen LogP contribution < -0.4 is 26.6 Å². The van der Waals surface area contributed by atoms with Gasteiger partial charge in [-0.3, -0.25) is 14.6 Å². The number of fused-ring (bicyclic) bond motifs is 16. The molecule has 0 radical (unpaired) electrons. The third-order valence-electron chi connectivity index (χ3n) is 29.9. The zero-order chi connectivity index (χ0) is 90.9. The van der Waals surface area contributed by atoms with Crippen LogP contribution in [0.3, 0.4) is 0 Å². The maximum absolute atomic E-state index is 11.7. The number of para-hydroxylation sites is 4. The lowest BCUT2D eigenvalue weighted by atomic mass is 9.87. The molecule has 0 spiro atoms. The number of β-amino-alcohol motifs (C(OH)–C–C–N with tert-alkyl or cyclic N) is 1. The molecule has 4 aliphatic carbocycles. The first kappa shape index (κ1) is 88.1. The van der Waals surface area contributed by atoms with Crippen molar-refractivity contribution in [2.75, 3.05) is 73.7 Å². The highest BCUT2D eigenvalue weighted by Gasteiger charge is 2.32. The molecule has 24 rings (SSSR count). The Kier molecular flexibility index (Phi) is 25.8. The molecule has 16 heterocycles. The van der Waals surface area contributed by atoms with E-state index in [1.165, 1.54) is 163 Å². The Labute approximate surface area is 781 Å². The first-order valence-electron chi connectivity index (χ1n) is 49.4. The molecule has 1 amide bonds. The van der Waals surface area contributed by atoms with E-state index in [1.54, 1.807) is 6.92 Å². The van der Waals surface area contributed by atoms with Gasteiger partial charge in [0.1, 0.15) is 45.9 Å². The number of carbonyl (C=O) groups is 1. The smallest absolute Gasteiger partial charge is 0.230 e. The molecule has 134 heavy (non-hydrogen) atoms. The van der Waals surface area contributed by atoms with Gasteiger partial charge in [-0.25, -0.2) is 39.9 Å². The van der Waals surface area contributed by atoms with Crippen LogP contribution in [0.5, 0.6) is 0 Å². The molecule has 16 aromatic rings. The molecular weight excluding hydrogens is 1670 g/mol. The summed E-state index contributed by atoms with van der Waals surface area (Å²) >= 11 is 0. The molecule has 27 nitrogen and oxygen atoms in total. The molecular formula is C107H124N24O3. The molecule has 0 atom stereocenters. The number of hydrogen-bond donors (Lipinski definition) is 7. The number of aromatic nitrogens is 16. The quantitative estimate of drug-likeness (QED) is 0.0445. The fraction of sp³-hybridized carbons (Fsp3) is 0.430. The van der Waals surface area contributed by atoms with Crippen molar-refractivity contribution in [3.05, 3.63) is 215 Å². The molecule has 690 valence electrons. The standard InChI is InChI=1S/C28H34N6O.C27H30N6O.C27H32N6O.C25H28N6/c1-19-7-10-21(11-8-19)34-25-6-3-2-5-22(25)23-17-29-28(32-27(23)34)31-26-12-9-20-18-33(14-4-16-35)15-13-24(20)30-26;1-17-7-10-20(11-8-17)33-24-6-4-3-5-21(24)22-15-28-27(31-26(22)33)30-25-12-9-19-16-32(18(2)34)14-13-23(19)29-25;1-18-6-9-20(10-7-18)33-24-5-3-2-4-21(24)22-16-28-27(31-26(22)33)30-25-11-8-19-17-32(14-15-34)13-12-23(19)29-25;1-16-6-9-18(10-7-16)31-22-5-3-2-4-19(22)20-15-27-25(30-24(20)31)29-23-11-8-17-14-26-13-12-21(17)28-23/h2-3,5-6,9,12,17,19,21,35H,4,7-8,10-11,13-16,18H2,1H3,(H,29,30,31,32);3-6,9,12,15,17,20H,7-8,10-11,13-14,16H2,1-2H3,(H,28,29,30,31);2-5,8,11,16,18,20,34H,6-7,9-10,12-15,17H2,1H3,(H,28,29,30,31);2-5,8,11,15-16,18,26H,6-7,9-10,12-14H2,1H3,(H,27,28,29,30). The number of aliphatic hydroxyl groups is 2. The predicted molar refractivity (Wildman–Crippen MR) is 534 cm³/mol. The lowest BCUT2D eigenvalue weighted by Gasteiger charge is -2.28. The summed E-state index contributed by atoms with van der Waals surface area (Å²) in [4.78, 5) is 76.3. The second-order valence-electron chi connectivity index (χ2n) is 39.1. The summed E-state index contributed by atoms with van der Waals surface area (Å²) in [5.74, 6) is 8.83. The first-order valence-corrected chi connectivity index (χ1v) is 49.4. The second kappa shape index (κ2) is 39.2. The van der Waals surface area contributed by atoms with E-state index >= 15 is 0 Å². The van der Waals surface area contributed by atoms with Crippen LogP contribution in [0.25, 0.3) is 87.7 Å². The minimum absolute atomic E-state index is 0.109. The van der Waals surface area contributed by atoms with Crippen molar-refractivity contribution in [2.45, 2.75) is 220 Å². The van der Waals surface area contributed by atoms with E-state index in [9.17, 15) is 9.90 Å². The van der Waals surface area contributed by atoms with Crippen molar-refractivity contribution in [3.8, 4) is 0 Å². The maximum atomic E-state index is 11.7. The van der Waals surface area contributed by atoms with E-state index in [-0.39, 0.29) is 19.1 Å². The van der Waals surface area contributed by atoms with E-state index in [4.69, 9.17) is 45.0 Å². The zero-order valence-electron chi connectivity index (χ0n) is 77.9. The Balaban J connectivity index is 0.000000107. The van der Waals surface area contributed by atoms with E-state index in [2.05, 4.69) is 224 Å². The third-order valence-corrected chi connectivity index (χ3v) is 29.9. The normalized spacial score (nSPS) is 20.9. The van der Waals surface area contributed by atoms with Crippen LogP contribution in [0.1, 0.15) is 213 Å². The summed E-state index contributed by atoms with van der Waals surface area (Å²) in [5, 5.41) is 44.5. The van der Waals surface area contributed by atoms with Gasteiger partial charge < -0.3 is 60.0 Å². The number of rotatable bonds is 17. The minimum Gasteiger partial charge on any atom is -0.396 e. The molecule has 4 saturated carbocycles. The number of nitrogens with one attached hydrogen (secondary N) is 5. The van der Waals surface area contributed by atoms with Crippen LogP contribution in [0.15, 0.2) is 170 Å². The van der Waals surface area contributed by atoms with Gasteiger partial charge in [-0.2, -0.15) is 19.9 Å². The second-order valence-corrected chi connectivity index (χ2v) is 39.1. The summed E-state index contributed by atoms with van der Waals surface area (Å²) in [6.45, 7) is 20.0. The number of aliphatic hydroxyl groups excluding tert-OH is 2. The molecule has 7 N–H and O–H groups in total. The summed E-state index contributed by atoms with van der Waals surface area (Å²) in [7, 11) is 0. The van der Waals surface area contributed by atoms with Crippen LogP contribution in [0.4, 0.5) is 47.1 Å². The van der Waals surface area contributed by atoms with E-state index in [1.807, 2.05) is 54.0 Å². The molecule has 27 heteroatoms. The van der Waals surface area contributed by atoms with Gasteiger partial charge in [-0.15, -0.1) is 0 Å². The fourth-order valence-electron chi connectivity index (χ4n) is 22.3. The summed E-state index contributed by atoms with van der Waals surface area (Å²) in [6, 6.07) is 52.9. The van der Waals surface area contributed by atoms with Crippen molar-refractivity contribution >= 4 is 141 Å². The average Bonchev–Trinajstić information content (AvgIpc) is 1.61. The van der Waals surface area contributed by atoms with Gasteiger partial charge in [0.15, 0.2) is 0 Å². The molecule has 0 unspecified atom stereocenters. The first-order chi connectivity index (χ1) is 65.7. The fourth-order valence-corrected chi connectivity index (χ4v) is 22.3. The van der Waals surface area contributed by atoms with Gasteiger partial charge in [0.2, 0.25) is 29.7 Å². The van der Waals surface area contributed by atoms with Crippen LogP contribution in [-0.2, 0) is 56.7 Å². The van der Waals surface area contributed by atoms with Gasteiger partial charge in [-0.1, -0.05) is 125 Å². The lowest BCUT2D eigenvalue weighted by Crippen LogP contribution is -2.34. The van der Waals surface area contributed by atoms with Crippen LogP contribution >= 0.6 is 0 Å². The zero-order valence-corrected chi connectivity index (χ0v) is 77.9. The van der Waals surface area contributed by atoms with Crippen molar-refractivity contribution in [1.29, 1.82) is 0 Å². The Morgan fingerprint density at radius 1 is 0.343 bits per heavy atom. The number of pyridine rings is 4. The average molecular weight is 1790 g/mol. The van der Waals surface area contributed by atoms with Gasteiger partial charge in [0.25, 0.3) is 0 Å². The van der Waals surface area contributed by atoms with Crippen LogP contribution in [0.2, 0.25) is 0 Å². The summed E-state index contributed by atoms with van der Waals surface area (Å²) in [6.07, 6.45) is 31.9. The van der Waals surface area contributed by atoms with Crippen LogP contribution in [-0.4, -0.2) is 161 Å². The lowest BCUT2D eigenvalue weighted by molar-refractivity contribution is -0.129. The molecule has 12 aromatic heterocycles. The van der Waals surface area contributed by atoms with E-state index in [0.29, 0.717) is 67.6 Å². The Bertz CT molecular complexity index is 6950. The number of anilines is 8. The minimum atomic E-state index is 0.109. The van der Waals surface area contributed by atoms with Gasteiger partial charge >= 0.3 is 0 Å². The highest BCUT2D eigenvalue weighted by molar-refractivity contribution is 6.09. The number of hydrogen-bond acceptors (Lipinski definition) is 22. The highest BCUT2D eigenvalue weighted by Crippen LogP contribution is 2.45. The van der Waals surface area contributed by atoms with Gasteiger partial charge in [0.05, 0.1) is 28.7 Å². The Morgan fingerprint density at radius 2 is 0.649 bits per heavy atom. The SMILES string of the molecule is CC(=O)N1CCc2nc(Nc3ncc4c5ccccc5n(C5CCC(C)CC5)c4n3)ccc2C1.CC1CCC(n2c3ccccc3c3cnc(Nc4ccc5c(n4)CCN(CCCO)C5)nc32)CC1.CC1CCC(n2c3ccccc3c3cnc(Nc4ccc5c(n4)CCN(CCO)C5)nc32)CC1.CC1CCC(n2c3ccccc3c3cnc(Nc4ccc5c(n4)CCNC5)nc32)CC1.